The van der Waals surface area contributed by atoms with Gasteiger partial charge in [0.2, 0.25) is 0 Å². The van der Waals surface area contributed by atoms with Crippen LogP contribution in [0.15, 0.2) is 0 Å². The molecule has 30 heavy (non-hydrogen) atoms. The number of hydrogen-bond donors (Lipinski definition) is 2. The van der Waals surface area contributed by atoms with Crippen molar-refractivity contribution in [3.05, 3.63) is 0 Å². The molecule has 0 aliphatic heterocycles. The lowest BCUT2D eigenvalue weighted by atomic mass is 9.50. The highest BCUT2D eigenvalue weighted by Crippen LogP contribution is 2.62. The van der Waals surface area contributed by atoms with Gasteiger partial charge in [0, 0.05) is 19.3 Å². The first-order valence-electron chi connectivity index (χ1n) is 11.0. The molecule has 4 saturated carbocycles. The standard InChI is InChI=1S/C22H36O8/c1-4-19(2,3)18(26)27-12-17(25)30-22-11-16-9-20(14-22,28-7-5-23)13-21(10-16,15-22)29-8-6-24/h16,23-24H,4-15H2,1-3H3. The number of carbonyl (C=O) groups is 2. The van der Waals surface area contributed by atoms with Gasteiger partial charge in [-0.2, -0.15) is 0 Å². The minimum Gasteiger partial charge on any atom is -0.456 e. The summed E-state index contributed by atoms with van der Waals surface area (Å²) >= 11 is 0. The Bertz CT molecular complexity index is 621. The predicted molar refractivity (Wildman–Crippen MR) is 107 cm³/mol. The molecule has 0 saturated heterocycles. The fourth-order valence-corrected chi connectivity index (χ4v) is 5.87. The molecule has 172 valence electrons. The summed E-state index contributed by atoms with van der Waals surface area (Å²) in [6, 6.07) is 0. The van der Waals surface area contributed by atoms with E-state index in [1.165, 1.54) is 0 Å². The Morgan fingerprint density at radius 3 is 1.93 bits per heavy atom. The van der Waals surface area contributed by atoms with Crippen LogP contribution in [0, 0.1) is 11.3 Å². The van der Waals surface area contributed by atoms with Crippen molar-refractivity contribution in [1.82, 2.24) is 0 Å². The van der Waals surface area contributed by atoms with Gasteiger partial charge in [0.25, 0.3) is 0 Å². The summed E-state index contributed by atoms with van der Waals surface area (Å²) in [6.45, 7) is 5.33. The molecule has 0 aromatic carbocycles. The predicted octanol–water partition coefficient (Wildman–Crippen LogP) is 1.74. The van der Waals surface area contributed by atoms with Crippen molar-refractivity contribution >= 4 is 11.9 Å². The highest BCUT2D eigenvalue weighted by molar-refractivity contribution is 5.80. The van der Waals surface area contributed by atoms with Crippen LogP contribution >= 0.6 is 0 Å². The lowest BCUT2D eigenvalue weighted by Crippen LogP contribution is -2.68. The largest absolute Gasteiger partial charge is 0.456 e. The zero-order chi connectivity index (χ0) is 22.0. The molecule has 4 rings (SSSR count). The molecule has 2 unspecified atom stereocenters. The Kier molecular flexibility index (Phi) is 6.82. The summed E-state index contributed by atoms with van der Waals surface area (Å²) in [4.78, 5) is 24.8. The van der Waals surface area contributed by atoms with E-state index in [-0.39, 0.29) is 32.3 Å². The topological polar surface area (TPSA) is 112 Å². The van der Waals surface area contributed by atoms with Crippen LogP contribution in [0.3, 0.4) is 0 Å². The van der Waals surface area contributed by atoms with Gasteiger partial charge in [-0.25, -0.2) is 4.79 Å². The number of aliphatic hydroxyl groups is 2. The monoisotopic (exact) mass is 428 g/mol. The van der Waals surface area contributed by atoms with Gasteiger partial charge in [0.15, 0.2) is 6.61 Å². The maximum atomic E-state index is 12.6. The Hall–Kier alpha value is -1.22. The quantitative estimate of drug-likeness (QED) is 0.479. The van der Waals surface area contributed by atoms with Crippen molar-refractivity contribution in [1.29, 1.82) is 0 Å². The van der Waals surface area contributed by atoms with Gasteiger partial charge < -0.3 is 29.2 Å². The highest BCUT2D eigenvalue weighted by atomic mass is 16.6. The molecule has 0 aromatic rings. The van der Waals surface area contributed by atoms with E-state index in [1.807, 2.05) is 6.92 Å². The SMILES string of the molecule is CCC(C)(C)C(=O)OCC(=O)OC12CC3CC(OCCO)(CC(OCCO)(C3)C1)C2. The summed E-state index contributed by atoms with van der Waals surface area (Å²) in [7, 11) is 0. The van der Waals surface area contributed by atoms with Crippen molar-refractivity contribution in [3.63, 3.8) is 0 Å². The number of rotatable bonds is 11. The van der Waals surface area contributed by atoms with E-state index < -0.39 is 40.8 Å². The van der Waals surface area contributed by atoms with E-state index in [0.29, 0.717) is 25.7 Å². The first kappa shape index (κ1) is 23.4. The zero-order valence-corrected chi connectivity index (χ0v) is 18.4. The second kappa shape index (κ2) is 8.73. The van der Waals surface area contributed by atoms with Gasteiger partial charge in [0.1, 0.15) is 5.60 Å². The van der Waals surface area contributed by atoms with Gasteiger partial charge >= 0.3 is 11.9 Å². The maximum Gasteiger partial charge on any atom is 0.344 e. The van der Waals surface area contributed by atoms with Gasteiger partial charge in [-0.15, -0.1) is 0 Å². The molecule has 0 amide bonds. The smallest absolute Gasteiger partial charge is 0.344 e. The van der Waals surface area contributed by atoms with Gasteiger partial charge in [-0.05, 0) is 45.4 Å². The van der Waals surface area contributed by atoms with Crippen LogP contribution in [0.4, 0.5) is 0 Å². The van der Waals surface area contributed by atoms with E-state index in [9.17, 15) is 19.8 Å². The van der Waals surface area contributed by atoms with Crippen LogP contribution < -0.4 is 0 Å². The third kappa shape index (κ3) is 4.82. The van der Waals surface area contributed by atoms with Crippen LogP contribution in [-0.2, 0) is 28.5 Å². The number of hydrogen-bond acceptors (Lipinski definition) is 8. The lowest BCUT2D eigenvalue weighted by Gasteiger charge is -2.64. The van der Waals surface area contributed by atoms with E-state index in [4.69, 9.17) is 18.9 Å². The van der Waals surface area contributed by atoms with Crippen molar-refractivity contribution < 1.29 is 38.7 Å². The fourth-order valence-electron chi connectivity index (χ4n) is 5.87. The van der Waals surface area contributed by atoms with Crippen molar-refractivity contribution in [2.75, 3.05) is 33.0 Å². The summed E-state index contributed by atoms with van der Waals surface area (Å²) in [6.07, 6.45) is 4.77. The van der Waals surface area contributed by atoms with Crippen LogP contribution in [0.25, 0.3) is 0 Å². The molecule has 4 bridgehead atoms. The Balaban J connectivity index is 1.71. The third-order valence-corrected chi connectivity index (χ3v) is 7.00. The lowest BCUT2D eigenvalue weighted by molar-refractivity contribution is -0.287. The maximum absolute atomic E-state index is 12.6. The van der Waals surface area contributed by atoms with Crippen molar-refractivity contribution in [2.24, 2.45) is 11.3 Å². The van der Waals surface area contributed by atoms with E-state index in [0.717, 1.165) is 19.3 Å². The normalized spacial score (nSPS) is 34.8. The van der Waals surface area contributed by atoms with Gasteiger partial charge in [-0.1, -0.05) is 6.92 Å². The third-order valence-electron chi connectivity index (χ3n) is 7.00. The Morgan fingerprint density at radius 1 is 0.933 bits per heavy atom. The minimum atomic E-state index is -0.742. The molecule has 8 heteroatoms. The first-order valence-corrected chi connectivity index (χ1v) is 11.0. The summed E-state index contributed by atoms with van der Waals surface area (Å²) < 4.78 is 23.4. The molecule has 8 nitrogen and oxygen atoms in total. The van der Waals surface area contributed by atoms with Crippen LogP contribution in [0.5, 0.6) is 0 Å². The van der Waals surface area contributed by atoms with E-state index >= 15 is 0 Å². The highest BCUT2D eigenvalue weighted by Gasteiger charge is 2.66. The number of esters is 2. The number of carbonyl (C=O) groups excluding carboxylic acids is 2. The van der Waals surface area contributed by atoms with Crippen LogP contribution in [0.2, 0.25) is 0 Å². The molecule has 4 aliphatic rings. The molecule has 0 radical (unpaired) electrons. The average Bonchev–Trinajstić information content (AvgIpc) is 2.67. The van der Waals surface area contributed by atoms with Crippen LogP contribution in [-0.4, -0.2) is 72.0 Å². The number of aliphatic hydroxyl groups excluding tert-OH is 2. The van der Waals surface area contributed by atoms with E-state index in [1.54, 1.807) is 13.8 Å². The summed E-state index contributed by atoms with van der Waals surface area (Å²) in [5, 5.41) is 18.5. The second-order valence-electron chi connectivity index (χ2n) is 9.99. The molecule has 2 atom stereocenters. The zero-order valence-electron chi connectivity index (χ0n) is 18.4. The molecule has 2 N–H and O–H groups in total. The molecular formula is C22H36O8. The molecule has 0 aromatic heterocycles. The van der Waals surface area contributed by atoms with Crippen molar-refractivity contribution in [2.45, 2.75) is 82.5 Å². The second-order valence-corrected chi connectivity index (χ2v) is 9.99. The summed E-state index contributed by atoms with van der Waals surface area (Å²) in [5.74, 6) is -0.710. The minimum absolute atomic E-state index is 0.0765. The Morgan fingerprint density at radius 2 is 1.43 bits per heavy atom. The number of ether oxygens (including phenoxy) is 4. The summed E-state index contributed by atoms with van der Waals surface area (Å²) in [5.41, 5.74) is -2.42. The molecular weight excluding hydrogens is 392 g/mol. The molecule has 4 fully saturated rings. The van der Waals surface area contributed by atoms with Crippen LogP contribution in [0.1, 0.15) is 65.7 Å². The molecule has 4 aliphatic carbocycles. The molecule has 0 spiro atoms. The first-order chi connectivity index (χ1) is 14.1. The van der Waals surface area contributed by atoms with Gasteiger partial charge in [0.05, 0.1) is 43.0 Å². The van der Waals surface area contributed by atoms with Crippen molar-refractivity contribution in [3.8, 4) is 0 Å². The van der Waals surface area contributed by atoms with Gasteiger partial charge in [-0.3, -0.25) is 4.79 Å². The fraction of sp³-hybridized carbons (Fsp3) is 0.909. The average molecular weight is 429 g/mol. The molecule has 0 heterocycles. The Labute approximate surface area is 178 Å². The van der Waals surface area contributed by atoms with E-state index in [2.05, 4.69) is 0 Å².